The molecule has 2 heterocycles. The molecule has 186 valence electrons. The summed E-state index contributed by atoms with van der Waals surface area (Å²) < 4.78 is 16.0. The Morgan fingerprint density at radius 3 is 2.37 bits per heavy atom. The lowest BCUT2D eigenvalue weighted by atomic mass is 9.95. The van der Waals surface area contributed by atoms with Crippen LogP contribution in [0.3, 0.4) is 0 Å². The van der Waals surface area contributed by atoms with Crippen molar-refractivity contribution in [1.82, 2.24) is 9.80 Å². The fourth-order valence-corrected chi connectivity index (χ4v) is 4.66. The number of amides is 1. The van der Waals surface area contributed by atoms with Crippen LogP contribution in [0.4, 0.5) is 0 Å². The molecule has 2 saturated heterocycles. The molecular formula is C25H26Cl2N2O6. The number of benzene rings is 2. The maximum Gasteiger partial charge on any atom is 0.295 e. The van der Waals surface area contributed by atoms with Gasteiger partial charge < -0.3 is 24.2 Å². The fraction of sp³-hybridized carbons (Fsp3) is 0.360. The van der Waals surface area contributed by atoms with E-state index in [1.807, 2.05) is 0 Å². The van der Waals surface area contributed by atoms with Crippen LogP contribution in [0.5, 0.6) is 11.5 Å². The minimum absolute atomic E-state index is 0.0254. The molecule has 8 nitrogen and oxygen atoms in total. The van der Waals surface area contributed by atoms with Crippen molar-refractivity contribution >= 4 is 40.7 Å². The van der Waals surface area contributed by atoms with E-state index in [9.17, 15) is 14.7 Å². The van der Waals surface area contributed by atoms with Gasteiger partial charge in [-0.3, -0.25) is 14.5 Å². The van der Waals surface area contributed by atoms with Crippen LogP contribution in [0.1, 0.15) is 17.2 Å². The number of methoxy groups -OCH3 is 2. The number of aliphatic hydroxyl groups is 1. The lowest BCUT2D eigenvalue weighted by molar-refractivity contribution is -0.140. The number of ketones is 1. The number of likely N-dealkylation sites (tertiary alicyclic amines) is 1. The fourth-order valence-electron chi connectivity index (χ4n) is 4.35. The second-order valence-corrected chi connectivity index (χ2v) is 9.00. The van der Waals surface area contributed by atoms with Gasteiger partial charge in [-0.1, -0.05) is 29.3 Å². The Labute approximate surface area is 213 Å². The first-order chi connectivity index (χ1) is 16.8. The number of carbonyl (C=O) groups is 2. The van der Waals surface area contributed by atoms with Gasteiger partial charge in [0.2, 0.25) is 0 Å². The number of carbonyl (C=O) groups excluding carboxylic acids is 2. The molecule has 2 aliphatic rings. The zero-order valence-electron chi connectivity index (χ0n) is 19.4. The Morgan fingerprint density at radius 2 is 1.71 bits per heavy atom. The van der Waals surface area contributed by atoms with Gasteiger partial charge in [0.15, 0.2) is 11.5 Å². The maximum absolute atomic E-state index is 13.2. The normalized spacial score (nSPS) is 20.3. The molecule has 0 saturated carbocycles. The van der Waals surface area contributed by atoms with Crippen molar-refractivity contribution in [3.05, 3.63) is 63.1 Å². The van der Waals surface area contributed by atoms with Crippen molar-refractivity contribution in [2.45, 2.75) is 6.04 Å². The lowest BCUT2D eigenvalue weighted by Gasteiger charge is -2.31. The van der Waals surface area contributed by atoms with Crippen LogP contribution < -0.4 is 9.47 Å². The Bertz CT molecular complexity index is 1160. The number of Topliss-reactive ketones (excluding diaryl/α,β-unsaturated/α-hetero) is 1. The Morgan fingerprint density at radius 1 is 1.00 bits per heavy atom. The van der Waals surface area contributed by atoms with E-state index in [1.54, 1.807) is 36.4 Å². The standard InChI is InChI=1S/C25H26Cl2N2O6/c1-33-19-6-4-16(14-20(19)34-2)23(30)21-22(15-3-5-17(26)18(27)13-15)29(25(32)24(21)31)8-7-28-9-11-35-12-10-28/h3-6,13-14,22,30H,7-12H2,1-2H3. The number of rotatable bonds is 7. The number of morpholine rings is 1. The van der Waals surface area contributed by atoms with Crippen LogP contribution in [0.2, 0.25) is 10.0 Å². The number of hydrogen-bond acceptors (Lipinski definition) is 7. The van der Waals surface area contributed by atoms with Crippen molar-refractivity contribution < 1.29 is 28.9 Å². The molecule has 10 heteroatoms. The molecule has 0 spiro atoms. The summed E-state index contributed by atoms with van der Waals surface area (Å²) in [6.45, 7) is 3.57. The van der Waals surface area contributed by atoms with E-state index in [0.29, 0.717) is 47.4 Å². The zero-order chi connectivity index (χ0) is 25.1. The molecular weight excluding hydrogens is 495 g/mol. The molecule has 0 radical (unpaired) electrons. The molecule has 2 aromatic rings. The first-order valence-corrected chi connectivity index (χ1v) is 11.9. The van der Waals surface area contributed by atoms with Gasteiger partial charge in [0.05, 0.1) is 49.1 Å². The van der Waals surface area contributed by atoms with Gasteiger partial charge in [0, 0.05) is 31.7 Å². The molecule has 2 fully saturated rings. The highest BCUT2D eigenvalue weighted by Gasteiger charge is 2.46. The van der Waals surface area contributed by atoms with Gasteiger partial charge >= 0.3 is 0 Å². The molecule has 0 aromatic heterocycles. The molecule has 2 aromatic carbocycles. The predicted octanol–water partition coefficient (Wildman–Crippen LogP) is 3.76. The van der Waals surface area contributed by atoms with E-state index in [1.165, 1.54) is 19.1 Å². The van der Waals surface area contributed by atoms with E-state index in [2.05, 4.69) is 4.90 Å². The number of hydrogen-bond donors (Lipinski definition) is 1. The van der Waals surface area contributed by atoms with Gasteiger partial charge in [-0.2, -0.15) is 0 Å². The summed E-state index contributed by atoms with van der Waals surface area (Å²) in [5.41, 5.74) is 0.865. The van der Waals surface area contributed by atoms with Crippen LogP contribution >= 0.6 is 23.2 Å². The third-order valence-electron chi connectivity index (χ3n) is 6.22. The summed E-state index contributed by atoms with van der Waals surface area (Å²) in [5.74, 6) is -0.916. The van der Waals surface area contributed by atoms with E-state index in [0.717, 1.165) is 13.1 Å². The minimum Gasteiger partial charge on any atom is -0.507 e. The van der Waals surface area contributed by atoms with Crippen molar-refractivity contribution in [3.63, 3.8) is 0 Å². The number of nitrogens with zero attached hydrogens (tertiary/aromatic N) is 2. The topological polar surface area (TPSA) is 88.5 Å². The van der Waals surface area contributed by atoms with Crippen LogP contribution in [0.15, 0.2) is 42.0 Å². The monoisotopic (exact) mass is 520 g/mol. The first kappa shape index (κ1) is 25.3. The average molecular weight is 521 g/mol. The molecule has 1 amide bonds. The number of aliphatic hydroxyl groups excluding tert-OH is 1. The highest BCUT2D eigenvalue weighted by molar-refractivity contribution is 6.46. The van der Waals surface area contributed by atoms with E-state index >= 15 is 0 Å². The van der Waals surface area contributed by atoms with E-state index in [4.69, 9.17) is 37.4 Å². The lowest BCUT2D eigenvalue weighted by Crippen LogP contribution is -2.42. The largest absolute Gasteiger partial charge is 0.507 e. The van der Waals surface area contributed by atoms with E-state index < -0.39 is 17.7 Å². The molecule has 1 N–H and O–H groups in total. The number of ether oxygens (including phenoxy) is 3. The third-order valence-corrected chi connectivity index (χ3v) is 6.96. The van der Waals surface area contributed by atoms with Crippen LogP contribution in [-0.2, 0) is 14.3 Å². The summed E-state index contributed by atoms with van der Waals surface area (Å²) in [6.07, 6.45) is 0. The average Bonchev–Trinajstić information content (AvgIpc) is 3.13. The molecule has 0 aliphatic carbocycles. The molecule has 4 rings (SSSR count). The summed E-state index contributed by atoms with van der Waals surface area (Å²) >= 11 is 12.4. The summed E-state index contributed by atoms with van der Waals surface area (Å²) in [6, 6.07) is 8.87. The smallest absolute Gasteiger partial charge is 0.295 e. The molecule has 0 bridgehead atoms. The highest BCUT2D eigenvalue weighted by Crippen LogP contribution is 2.41. The Balaban J connectivity index is 1.78. The quantitative estimate of drug-likeness (QED) is 0.337. The van der Waals surface area contributed by atoms with Crippen LogP contribution in [-0.4, -0.2) is 80.2 Å². The minimum atomic E-state index is -0.834. The van der Waals surface area contributed by atoms with Crippen LogP contribution in [0, 0.1) is 0 Å². The van der Waals surface area contributed by atoms with Crippen molar-refractivity contribution in [2.75, 3.05) is 53.6 Å². The van der Waals surface area contributed by atoms with Gasteiger partial charge in [-0.25, -0.2) is 0 Å². The Kier molecular flexibility index (Phi) is 7.86. The summed E-state index contributed by atoms with van der Waals surface area (Å²) in [5, 5.41) is 11.9. The van der Waals surface area contributed by atoms with Gasteiger partial charge in [0.25, 0.3) is 11.7 Å². The van der Waals surface area contributed by atoms with Crippen molar-refractivity contribution in [3.8, 4) is 11.5 Å². The number of halogens is 2. The zero-order valence-corrected chi connectivity index (χ0v) is 20.9. The van der Waals surface area contributed by atoms with Gasteiger partial charge in [-0.05, 0) is 35.9 Å². The van der Waals surface area contributed by atoms with E-state index in [-0.39, 0.29) is 22.9 Å². The second-order valence-electron chi connectivity index (χ2n) is 8.19. The Hall–Kier alpha value is -2.78. The predicted molar refractivity (Wildman–Crippen MR) is 132 cm³/mol. The second kappa shape index (κ2) is 10.9. The van der Waals surface area contributed by atoms with Crippen LogP contribution in [0.25, 0.3) is 5.76 Å². The molecule has 2 aliphatic heterocycles. The maximum atomic E-state index is 13.2. The van der Waals surface area contributed by atoms with Crippen molar-refractivity contribution in [2.24, 2.45) is 0 Å². The van der Waals surface area contributed by atoms with Gasteiger partial charge in [-0.15, -0.1) is 0 Å². The SMILES string of the molecule is COc1ccc(C(O)=C2C(=O)C(=O)N(CCN3CCOCC3)C2c2ccc(Cl)c(Cl)c2)cc1OC. The molecule has 1 unspecified atom stereocenters. The molecule has 1 atom stereocenters. The summed E-state index contributed by atoms with van der Waals surface area (Å²) in [4.78, 5) is 30.1. The van der Waals surface area contributed by atoms with Gasteiger partial charge in [0.1, 0.15) is 5.76 Å². The highest BCUT2D eigenvalue weighted by atomic mass is 35.5. The summed E-state index contributed by atoms with van der Waals surface area (Å²) in [7, 11) is 2.98. The first-order valence-electron chi connectivity index (χ1n) is 11.1. The molecule has 35 heavy (non-hydrogen) atoms. The van der Waals surface area contributed by atoms with Crippen molar-refractivity contribution in [1.29, 1.82) is 0 Å². The third kappa shape index (κ3) is 5.11.